The molecule has 0 saturated carbocycles. The molecule has 0 spiro atoms. The van der Waals surface area contributed by atoms with E-state index in [1.54, 1.807) is 11.8 Å². The quantitative estimate of drug-likeness (QED) is 0.408. The zero-order valence-electron chi connectivity index (χ0n) is 16.9. The van der Waals surface area contributed by atoms with Crippen molar-refractivity contribution in [2.45, 2.75) is 34.8 Å². The Balaban J connectivity index is 1.35. The molecule has 1 N–H and O–H groups in total. The van der Waals surface area contributed by atoms with Crippen molar-refractivity contribution in [2.75, 3.05) is 18.4 Å². The van der Waals surface area contributed by atoms with E-state index >= 15 is 0 Å². The predicted molar refractivity (Wildman–Crippen MR) is 123 cm³/mol. The van der Waals surface area contributed by atoms with Gasteiger partial charge in [0.25, 0.3) is 5.91 Å². The van der Waals surface area contributed by atoms with Crippen molar-refractivity contribution in [3.8, 4) is 0 Å². The van der Waals surface area contributed by atoms with Crippen LogP contribution in [0.15, 0.2) is 57.8 Å². The number of rotatable bonds is 7. The number of aryl methyl sites for hydroxylation is 1. The smallest absolute Gasteiger partial charge is 0.257 e. The molecule has 1 aliphatic heterocycles. The molecule has 2 heterocycles. The highest BCUT2D eigenvalue weighted by atomic mass is 32.2. The van der Waals surface area contributed by atoms with Gasteiger partial charge in [-0.05, 0) is 49.6 Å². The van der Waals surface area contributed by atoms with Crippen LogP contribution in [0.5, 0.6) is 0 Å². The molecule has 2 aromatic carbocycles. The molecular weight excluding hydrogens is 452 g/mol. The molecule has 0 unspecified atom stereocenters. The summed E-state index contributed by atoms with van der Waals surface area (Å²) in [7, 11) is -3.49. The minimum Gasteiger partial charge on any atom is -0.296 e. The SMILES string of the molecule is Cc1ccc(CSc2nnc(NC(=O)c3ccc(S(=O)(=O)N4CCCC4)cc3)s2)cc1. The Hall–Kier alpha value is -2.27. The zero-order valence-corrected chi connectivity index (χ0v) is 19.4. The highest BCUT2D eigenvalue weighted by molar-refractivity contribution is 8.00. The Bertz CT molecular complexity index is 1150. The summed E-state index contributed by atoms with van der Waals surface area (Å²) in [6.07, 6.45) is 1.76. The maximum absolute atomic E-state index is 12.6. The van der Waals surface area contributed by atoms with E-state index in [9.17, 15) is 13.2 Å². The molecule has 3 aromatic rings. The highest BCUT2D eigenvalue weighted by Crippen LogP contribution is 2.29. The van der Waals surface area contributed by atoms with Crippen LogP contribution in [0.4, 0.5) is 5.13 Å². The van der Waals surface area contributed by atoms with Gasteiger partial charge in [-0.15, -0.1) is 10.2 Å². The number of anilines is 1. The van der Waals surface area contributed by atoms with Gasteiger partial charge in [0.15, 0.2) is 4.34 Å². The summed E-state index contributed by atoms with van der Waals surface area (Å²) in [5.41, 5.74) is 2.78. The molecule has 31 heavy (non-hydrogen) atoms. The van der Waals surface area contributed by atoms with Crippen molar-refractivity contribution in [2.24, 2.45) is 0 Å². The predicted octanol–water partition coefficient (Wildman–Crippen LogP) is 4.18. The van der Waals surface area contributed by atoms with E-state index in [0.29, 0.717) is 23.8 Å². The largest absolute Gasteiger partial charge is 0.296 e. The number of aromatic nitrogens is 2. The van der Waals surface area contributed by atoms with Crippen LogP contribution in [0.3, 0.4) is 0 Å². The van der Waals surface area contributed by atoms with E-state index in [1.807, 2.05) is 0 Å². The molecule has 0 radical (unpaired) electrons. The first-order valence-corrected chi connectivity index (χ1v) is 13.1. The summed E-state index contributed by atoms with van der Waals surface area (Å²) < 4.78 is 27.4. The van der Waals surface area contributed by atoms with Gasteiger partial charge in [-0.25, -0.2) is 8.42 Å². The lowest BCUT2D eigenvalue weighted by molar-refractivity contribution is 0.102. The normalized spacial score (nSPS) is 14.6. The monoisotopic (exact) mass is 474 g/mol. The van der Waals surface area contributed by atoms with Crippen molar-refractivity contribution in [1.82, 2.24) is 14.5 Å². The summed E-state index contributed by atoms with van der Waals surface area (Å²) >= 11 is 2.87. The molecule has 1 saturated heterocycles. The number of thioether (sulfide) groups is 1. The summed E-state index contributed by atoms with van der Waals surface area (Å²) in [6, 6.07) is 14.3. The zero-order chi connectivity index (χ0) is 21.8. The van der Waals surface area contributed by atoms with Crippen LogP contribution >= 0.6 is 23.1 Å². The molecule has 1 fully saturated rings. The maximum Gasteiger partial charge on any atom is 0.257 e. The summed E-state index contributed by atoms with van der Waals surface area (Å²) in [6.45, 7) is 3.15. The van der Waals surface area contributed by atoms with Gasteiger partial charge in [-0.1, -0.05) is 52.9 Å². The standard InChI is InChI=1S/C21H22N4O3S3/c1-15-4-6-16(7-5-15)14-29-21-24-23-20(30-21)22-19(26)17-8-10-18(11-9-17)31(27,28)25-12-2-3-13-25/h4-11H,2-3,12-14H2,1H3,(H,22,23,26). The fourth-order valence-corrected chi connectivity index (χ4v) is 6.39. The van der Waals surface area contributed by atoms with Crippen molar-refractivity contribution in [1.29, 1.82) is 0 Å². The number of hydrogen-bond acceptors (Lipinski definition) is 7. The number of hydrogen-bond donors (Lipinski definition) is 1. The number of carbonyl (C=O) groups excluding carboxylic acids is 1. The Morgan fingerprint density at radius 3 is 2.42 bits per heavy atom. The van der Waals surface area contributed by atoms with Gasteiger partial charge in [0.05, 0.1) is 4.90 Å². The Morgan fingerprint density at radius 1 is 1.06 bits per heavy atom. The Labute approximate surface area is 189 Å². The third-order valence-electron chi connectivity index (χ3n) is 4.93. The lowest BCUT2D eigenvalue weighted by atomic mass is 10.2. The molecule has 1 amide bonds. The summed E-state index contributed by atoms with van der Waals surface area (Å²) in [5, 5.41) is 11.3. The first-order valence-electron chi connectivity index (χ1n) is 9.85. The summed E-state index contributed by atoms with van der Waals surface area (Å²) in [4.78, 5) is 12.7. The van der Waals surface area contributed by atoms with Gasteiger partial charge in [-0.3, -0.25) is 10.1 Å². The third-order valence-corrected chi connectivity index (χ3v) is 8.89. The fourth-order valence-electron chi connectivity index (χ4n) is 3.17. The molecule has 10 heteroatoms. The van der Waals surface area contributed by atoms with E-state index in [2.05, 4.69) is 46.7 Å². The van der Waals surface area contributed by atoms with Crippen molar-refractivity contribution >= 4 is 44.2 Å². The van der Waals surface area contributed by atoms with Crippen LogP contribution in [0.2, 0.25) is 0 Å². The van der Waals surface area contributed by atoms with E-state index in [0.717, 1.165) is 22.9 Å². The van der Waals surface area contributed by atoms with Crippen LogP contribution in [0.1, 0.15) is 34.3 Å². The number of carbonyl (C=O) groups is 1. The number of nitrogens with one attached hydrogen (secondary N) is 1. The minimum atomic E-state index is -3.49. The third kappa shape index (κ3) is 5.32. The molecule has 0 atom stereocenters. The number of amides is 1. The molecular formula is C21H22N4O3S3. The summed E-state index contributed by atoms with van der Waals surface area (Å²) in [5.74, 6) is 0.423. The Kier molecular flexibility index (Phi) is 6.71. The second-order valence-corrected chi connectivity index (χ2v) is 11.4. The van der Waals surface area contributed by atoms with Gasteiger partial charge in [0, 0.05) is 24.4 Å². The fraction of sp³-hybridized carbons (Fsp3) is 0.286. The van der Waals surface area contributed by atoms with E-state index in [-0.39, 0.29) is 10.8 Å². The van der Waals surface area contributed by atoms with Crippen LogP contribution in [0, 0.1) is 6.92 Å². The first kappa shape index (κ1) is 21.9. The number of nitrogens with zero attached hydrogens (tertiary/aromatic N) is 3. The molecule has 0 aliphatic carbocycles. The van der Waals surface area contributed by atoms with Crippen molar-refractivity contribution < 1.29 is 13.2 Å². The van der Waals surface area contributed by atoms with Crippen molar-refractivity contribution in [3.05, 3.63) is 65.2 Å². The van der Waals surface area contributed by atoms with Crippen LogP contribution in [0.25, 0.3) is 0 Å². The highest BCUT2D eigenvalue weighted by Gasteiger charge is 2.27. The second kappa shape index (κ2) is 9.47. The first-order chi connectivity index (χ1) is 14.9. The van der Waals surface area contributed by atoms with Gasteiger partial charge in [0.1, 0.15) is 0 Å². The van der Waals surface area contributed by atoms with Crippen molar-refractivity contribution in [3.63, 3.8) is 0 Å². The van der Waals surface area contributed by atoms with Gasteiger partial charge < -0.3 is 0 Å². The van der Waals surface area contributed by atoms with Gasteiger partial charge in [-0.2, -0.15) is 4.31 Å². The lowest BCUT2D eigenvalue weighted by Gasteiger charge is -2.15. The van der Waals surface area contributed by atoms with E-state index in [4.69, 9.17) is 0 Å². The maximum atomic E-state index is 12.6. The molecule has 4 rings (SSSR count). The average molecular weight is 475 g/mol. The second-order valence-electron chi connectivity index (χ2n) is 7.24. The lowest BCUT2D eigenvalue weighted by Crippen LogP contribution is -2.27. The Morgan fingerprint density at radius 2 is 1.74 bits per heavy atom. The van der Waals surface area contributed by atoms with E-state index in [1.165, 1.54) is 51.0 Å². The van der Waals surface area contributed by atoms with Crippen LogP contribution < -0.4 is 5.32 Å². The molecule has 7 nitrogen and oxygen atoms in total. The molecule has 0 bridgehead atoms. The molecule has 1 aliphatic rings. The molecule has 1 aromatic heterocycles. The van der Waals surface area contributed by atoms with Crippen LogP contribution in [-0.4, -0.2) is 41.9 Å². The number of sulfonamides is 1. The van der Waals surface area contributed by atoms with E-state index < -0.39 is 10.0 Å². The number of benzene rings is 2. The topological polar surface area (TPSA) is 92.3 Å². The van der Waals surface area contributed by atoms with Crippen LogP contribution in [-0.2, 0) is 15.8 Å². The van der Waals surface area contributed by atoms with Gasteiger partial charge >= 0.3 is 0 Å². The molecule has 162 valence electrons. The minimum absolute atomic E-state index is 0.205. The average Bonchev–Trinajstić information content (AvgIpc) is 3.46. The van der Waals surface area contributed by atoms with Gasteiger partial charge in [0.2, 0.25) is 15.2 Å².